The third kappa shape index (κ3) is 5.98. The van der Waals surface area contributed by atoms with Crippen molar-refractivity contribution in [1.82, 2.24) is 10.3 Å². The van der Waals surface area contributed by atoms with Gasteiger partial charge in [-0.2, -0.15) is 10.5 Å². The molecule has 9 heteroatoms. The molecule has 0 saturated carbocycles. The van der Waals surface area contributed by atoms with Gasteiger partial charge in [-0.15, -0.1) is 0 Å². The second kappa shape index (κ2) is 9.50. The molecule has 25 heavy (non-hydrogen) atoms. The maximum atomic E-state index is 12.1. The summed E-state index contributed by atoms with van der Waals surface area (Å²) in [5, 5.41) is 20.9. The monoisotopic (exact) mass is 361 g/mol. The van der Waals surface area contributed by atoms with Crippen molar-refractivity contribution in [3.63, 3.8) is 0 Å². The quantitative estimate of drug-likeness (QED) is 0.545. The number of carbonyl (C=O) groups excluding carboxylic acids is 2. The number of hydrogen-bond acceptors (Lipinski definition) is 8. The van der Waals surface area contributed by atoms with Gasteiger partial charge in [0.05, 0.1) is 24.0 Å². The number of amides is 1. The predicted molar refractivity (Wildman–Crippen MR) is 92.2 cm³/mol. The van der Waals surface area contributed by atoms with Crippen molar-refractivity contribution in [2.75, 3.05) is 18.6 Å². The summed E-state index contributed by atoms with van der Waals surface area (Å²) >= 11 is 1.01. The van der Waals surface area contributed by atoms with Gasteiger partial charge in [0.2, 0.25) is 5.91 Å². The lowest BCUT2D eigenvalue weighted by Crippen LogP contribution is -2.43. The van der Waals surface area contributed by atoms with E-state index in [1.807, 2.05) is 26.0 Å². The predicted octanol–water partition coefficient (Wildman–Crippen LogP) is 1.20. The van der Waals surface area contributed by atoms with Crippen LogP contribution in [0.1, 0.15) is 31.4 Å². The van der Waals surface area contributed by atoms with Gasteiger partial charge in [-0.1, -0.05) is 25.6 Å². The lowest BCUT2D eigenvalue weighted by molar-refractivity contribution is -0.145. The fraction of sp³-hybridized carbons (Fsp3) is 0.438. The molecule has 3 N–H and O–H groups in total. The summed E-state index contributed by atoms with van der Waals surface area (Å²) in [7, 11) is 1.26. The van der Waals surface area contributed by atoms with E-state index in [1.165, 1.54) is 13.2 Å². The molecule has 8 nitrogen and oxygen atoms in total. The molecule has 0 aromatic carbocycles. The van der Waals surface area contributed by atoms with Crippen LogP contribution < -0.4 is 11.1 Å². The van der Waals surface area contributed by atoms with Crippen LogP contribution in [0, 0.1) is 28.6 Å². The molecule has 1 rings (SSSR count). The van der Waals surface area contributed by atoms with Gasteiger partial charge in [-0.3, -0.25) is 4.79 Å². The molecule has 0 bridgehead atoms. The Hall–Kier alpha value is -2.78. The lowest BCUT2D eigenvalue weighted by atomic mass is 10.0. The first-order valence-corrected chi connectivity index (χ1v) is 8.41. The average Bonchev–Trinajstić information content (AvgIpc) is 2.58. The van der Waals surface area contributed by atoms with Crippen LogP contribution in [-0.4, -0.2) is 35.8 Å². The molecule has 0 spiro atoms. The summed E-state index contributed by atoms with van der Waals surface area (Å²) < 4.78 is 4.69. The van der Waals surface area contributed by atoms with Crippen LogP contribution in [0.15, 0.2) is 11.1 Å². The molecule has 1 heterocycles. The normalized spacial score (nSPS) is 11.3. The van der Waals surface area contributed by atoms with Gasteiger partial charge in [-0.05, 0) is 18.4 Å². The molecule has 0 saturated heterocycles. The number of nitrogens with two attached hydrogens (primary N) is 1. The number of rotatable bonds is 7. The molecule has 1 aromatic heterocycles. The van der Waals surface area contributed by atoms with Gasteiger partial charge in [0.25, 0.3) is 0 Å². The zero-order chi connectivity index (χ0) is 19.0. The Labute approximate surface area is 150 Å². The van der Waals surface area contributed by atoms with E-state index in [1.54, 1.807) is 0 Å². The first kappa shape index (κ1) is 20.3. The van der Waals surface area contributed by atoms with Crippen molar-refractivity contribution in [3.05, 3.63) is 17.2 Å². The van der Waals surface area contributed by atoms with E-state index in [0.717, 1.165) is 11.8 Å². The van der Waals surface area contributed by atoms with Crippen LogP contribution in [0.5, 0.6) is 0 Å². The summed E-state index contributed by atoms with van der Waals surface area (Å²) in [5.41, 5.74) is 5.90. The Morgan fingerprint density at radius 2 is 2.00 bits per heavy atom. The Balaban J connectivity index is 2.79. The van der Waals surface area contributed by atoms with E-state index in [2.05, 4.69) is 10.3 Å². The highest BCUT2D eigenvalue weighted by Gasteiger charge is 2.23. The molecule has 0 aliphatic rings. The van der Waals surface area contributed by atoms with E-state index in [4.69, 9.17) is 21.0 Å². The van der Waals surface area contributed by atoms with Gasteiger partial charge in [-0.25, -0.2) is 9.78 Å². The SMILES string of the molecule is COC(=O)C(CC(C)C)NC(=O)CSc1nc(N)c(C#N)cc1C#N. The topological polar surface area (TPSA) is 142 Å². The number of esters is 1. The first-order chi connectivity index (χ1) is 11.8. The highest BCUT2D eigenvalue weighted by molar-refractivity contribution is 8.00. The molecule has 1 aromatic rings. The van der Waals surface area contributed by atoms with E-state index < -0.39 is 17.9 Å². The first-order valence-electron chi connectivity index (χ1n) is 7.43. The average molecular weight is 361 g/mol. The molecule has 0 fully saturated rings. The second-order valence-corrected chi connectivity index (χ2v) is 6.52. The number of nitrogens with zero attached hydrogens (tertiary/aromatic N) is 3. The standard InChI is InChI=1S/C16H19N5O3S/c1-9(2)4-12(16(23)24-3)20-13(22)8-25-15-11(7-18)5-10(6-17)14(19)21-15/h5,9,12H,4,8H2,1-3H3,(H2,19,21)(H,20,22). The smallest absolute Gasteiger partial charge is 0.328 e. The third-order valence-corrected chi connectivity index (χ3v) is 4.12. The fourth-order valence-electron chi connectivity index (χ4n) is 1.99. The van der Waals surface area contributed by atoms with E-state index in [9.17, 15) is 9.59 Å². The zero-order valence-corrected chi connectivity index (χ0v) is 15.0. The van der Waals surface area contributed by atoms with Gasteiger partial charge in [0, 0.05) is 0 Å². The number of ether oxygens (including phenoxy) is 1. The third-order valence-electron chi connectivity index (χ3n) is 3.13. The van der Waals surface area contributed by atoms with Gasteiger partial charge >= 0.3 is 5.97 Å². The van der Waals surface area contributed by atoms with E-state index in [0.29, 0.717) is 6.42 Å². The Morgan fingerprint density at radius 1 is 1.36 bits per heavy atom. The summed E-state index contributed by atoms with van der Waals surface area (Å²) in [4.78, 5) is 27.8. The largest absolute Gasteiger partial charge is 0.467 e. The molecule has 0 aliphatic heterocycles. The maximum absolute atomic E-state index is 12.1. The number of thioether (sulfide) groups is 1. The highest BCUT2D eigenvalue weighted by atomic mass is 32.2. The Morgan fingerprint density at radius 3 is 2.52 bits per heavy atom. The van der Waals surface area contributed by atoms with Crippen LogP contribution in [0.25, 0.3) is 0 Å². The Kier molecular flexibility index (Phi) is 7.70. The summed E-state index contributed by atoms with van der Waals surface area (Å²) in [6.07, 6.45) is 0.453. The number of nitrogens with one attached hydrogen (secondary N) is 1. The molecule has 1 amide bonds. The number of pyridine rings is 1. The van der Waals surface area contributed by atoms with Crippen LogP contribution in [0.4, 0.5) is 5.82 Å². The van der Waals surface area contributed by atoms with Crippen LogP contribution in [0.2, 0.25) is 0 Å². The van der Waals surface area contributed by atoms with E-state index >= 15 is 0 Å². The lowest BCUT2D eigenvalue weighted by Gasteiger charge is -2.18. The molecule has 1 atom stereocenters. The molecular weight excluding hydrogens is 342 g/mol. The van der Waals surface area contributed by atoms with Crippen molar-refractivity contribution >= 4 is 29.5 Å². The minimum atomic E-state index is -0.729. The minimum absolute atomic E-state index is 0.00310. The second-order valence-electron chi connectivity index (χ2n) is 5.56. The van der Waals surface area contributed by atoms with Crippen molar-refractivity contribution in [3.8, 4) is 12.1 Å². The fourth-order valence-corrected chi connectivity index (χ4v) is 2.76. The number of nitrogen functional groups attached to an aromatic ring is 1. The molecular formula is C16H19N5O3S. The number of aromatic nitrogens is 1. The van der Waals surface area contributed by atoms with Crippen molar-refractivity contribution in [2.45, 2.75) is 31.3 Å². The summed E-state index contributed by atoms with van der Waals surface area (Å²) in [6, 6.07) is 4.37. The highest BCUT2D eigenvalue weighted by Crippen LogP contribution is 2.23. The van der Waals surface area contributed by atoms with Gasteiger partial charge < -0.3 is 15.8 Å². The van der Waals surface area contributed by atoms with Gasteiger partial charge in [0.1, 0.15) is 29.0 Å². The van der Waals surface area contributed by atoms with Gasteiger partial charge in [0.15, 0.2) is 0 Å². The molecule has 0 aliphatic carbocycles. The summed E-state index contributed by atoms with van der Waals surface area (Å²) in [6.45, 7) is 3.86. The van der Waals surface area contributed by atoms with Crippen molar-refractivity contribution in [2.24, 2.45) is 5.92 Å². The Bertz CT molecular complexity index is 737. The van der Waals surface area contributed by atoms with Crippen molar-refractivity contribution < 1.29 is 14.3 Å². The maximum Gasteiger partial charge on any atom is 0.328 e. The molecule has 132 valence electrons. The summed E-state index contributed by atoms with van der Waals surface area (Å²) in [5.74, 6) is -0.766. The minimum Gasteiger partial charge on any atom is -0.467 e. The zero-order valence-electron chi connectivity index (χ0n) is 14.2. The van der Waals surface area contributed by atoms with Crippen LogP contribution in [0.3, 0.4) is 0 Å². The number of anilines is 1. The number of methoxy groups -OCH3 is 1. The molecule has 1 unspecified atom stereocenters. The number of hydrogen-bond donors (Lipinski definition) is 2. The number of nitriles is 2. The number of carbonyl (C=O) groups is 2. The van der Waals surface area contributed by atoms with E-state index in [-0.39, 0.29) is 33.6 Å². The van der Waals surface area contributed by atoms with Crippen LogP contribution >= 0.6 is 11.8 Å². The van der Waals surface area contributed by atoms with Crippen LogP contribution in [-0.2, 0) is 14.3 Å². The molecule has 0 radical (unpaired) electrons. The van der Waals surface area contributed by atoms with Crippen molar-refractivity contribution in [1.29, 1.82) is 10.5 Å².